The molecule has 19 heavy (non-hydrogen) atoms. The molecule has 0 atom stereocenters. The van der Waals surface area contributed by atoms with Gasteiger partial charge in [-0.3, -0.25) is 4.79 Å². The summed E-state index contributed by atoms with van der Waals surface area (Å²) in [5.74, 6) is 4.31. The highest BCUT2D eigenvalue weighted by Gasteiger charge is 2.14. The Kier molecular flexibility index (Phi) is 3.91. The van der Waals surface area contributed by atoms with Crippen LogP contribution in [0, 0.1) is 5.82 Å². The number of halogens is 2. The molecule has 0 amide bonds. The summed E-state index contributed by atoms with van der Waals surface area (Å²) < 4.78 is 14.2. The van der Waals surface area contributed by atoms with Crippen molar-refractivity contribution in [3.63, 3.8) is 0 Å². The van der Waals surface area contributed by atoms with Crippen molar-refractivity contribution in [1.82, 2.24) is 14.9 Å². The zero-order valence-corrected chi connectivity index (χ0v) is 11.0. The zero-order chi connectivity index (χ0) is 14.0. The molecule has 0 saturated carbocycles. The van der Waals surface area contributed by atoms with Crippen molar-refractivity contribution in [2.24, 2.45) is 0 Å². The molecule has 100 valence electrons. The first-order valence-electron chi connectivity index (χ1n) is 4.99. The van der Waals surface area contributed by atoms with E-state index in [9.17, 15) is 9.18 Å². The lowest BCUT2D eigenvalue weighted by Gasteiger charge is -2.03. The Bertz CT molecular complexity index is 634. The molecule has 0 radical (unpaired) electrons. The molecule has 0 aliphatic carbocycles. The van der Waals surface area contributed by atoms with E-state index in [4.69, 9.17) is 22.6 Å². The normalized spacial score (nSPS) is 10.6. The first-order chi connectivity index (χ1) is 8.99. The van der Waals surface area contributed by atoms with E-state index in [1.165, 1.54) is 18.2 Å². The molecule has 0 spiro atoms. The van der Waals surface area contributed by atoms with Gasteiger partial charge in [-0.15, -0.1) is 10.2 Å². The number of aromatic nitrogens is 3. The largest absolute Gasteiger partial charge is 0.481 e. The molecule has 0 fully saturated rings. The van der Waals surface area contributed by atoms with Gasteiger partial charge >= 0.3 is 5.97 Å². The van der Waals surface area contributed by atoms with E-state index in [0.717, 1.165) is 16.4 Å². The van der Waals surface area contributed by atoms with Gasteiger partial charge in [0.05, 0.1) is 10.8 Å². The second-order valence-electron chi connectivity index (χ2n) is 3.49. The molecule has 2 aromatic rings. The van der Waals surface area contributed by atoms with Gasteiger partial charge < -0.3 is 10.9 Å². The van der Waals surface area contributed by atoms with Crippen molar-refractivity contribution >= 4 is 29.3 Å². The standard InChI is InChI=1S/C10H8ClFN4O2S/c11-6-3-5(1-2-7(6)12)9-14-15-10(16(9)13)19-4-8(17)18/h1-3H,4,13H2,(H,17,18). The molecule has 0 aliphatic rings. The number of rotatable bonds is 4. The quantitative estimate of drug-likeness (QED) is 0.658. The van der Waals surface area contributed by atoms with E-state index in [1.54, 1.807) is 0 Å². The second-order valence-corrected chi connectivity index (χ2v) is 4.84. The fourth-order valence-electron chi connectivity index (χ4n) is 1.33. The van der Waals surface area contributed by atoms with Crippen LogP contribution in [0.4, 0.5) is 4.39 Å². The van der Waals surface area contributed by atoms with E-state index >= 15 is 0 Å². The number of aliphatic carboxylic acids is 1. The zero-order valence-electron chi connectivity index (χ0n) is 9.38. The average molecular weight is 303 g/mol. The Labute approximate surface area is 116 Å². The SMILES string of the molecule is Nn1c(SCC(=O)O)nnc1-c1ccc(F)c(Cl)c1. The summed E-state index contributed by atoms with van der Waals surface area (Å²) in [7, 11) is 0. The fraction of sp³-hybridized carbons (Fsp3) is 0.100. The maximum absolute atomic E-state index is 13.1. The van der Waals surface area contributed by atoms with Crippen molar-refractivity contribution in [1.29, 1.82) is 0 Å². The molecule has 1 heterocycles. The maximum atomic E-state index is 13.1. The minimum Gasteiger partial charge on any atom is -0.481 e. The van der Waals surface area contributed by atoms with Gasteiger partial charge in [0, 0.05) is 5.56 Å². The van der Waals surface area contributed by atoms with Gasteiger partial charge in [-0.2, -0.15) is 0 Å². The summed E-state index contributed by atoms with van der Waals surface area (Å²) in [5.41, 5.74) is 0.489. The molecule has 1 aromatic heterocycles. The fourth-order valence-corrected chi connectivity index (χ4v) is 2.09. The lowest BCUT2D eigenvalue weighted by atomic mass is 10.2. The van der Waals surface area contributed by atoms with Gasteiger partial charge in [0.25, 0.3) is 0 Å². The van der Waals surface area contributed by atoms with Gasteiger partial charge in [-0.1, -0.05) is 23.4 Å². The lowest BCUT2D eigenvalue weighted by molar-refractivity contribution is -0.133. The number of carboxylic acids is 1. The van der Waals surface area contributed by atoms with Crippen LogP contribution in [0.5, 0.6) is 0 Å². The number of benzene rings is 1. The van der Waals surface area contributed by atoms with Gasteiger partial charge in [0.2, 0.25) is 5.16 Å². The van der Waals surface area contributed by atoms with Crippen molar-refractivity contribution < 1.29 is 14.3 Å². The summed E-state index contributed by atoms with van der Waals surface area (Å²) in [4.78, 5) is 10.5. The van der Waals surface area contributed by atoms with Gasteiger partial charge in [0.1, 0.15) is 5.82 Å². The third-order valence-corrected chi connectivity index (χ3v) is 3.38. The number of nitrogens with zero attached hydrogens (tertiary/aromatic N) is 3. The number of hydrogen-bond acceptors (Lipinski definition) is 5. The number of nitrogens with two attached hydrogens (primary N) is 1. The molecule has 0 aliphatic heterocycles. The predicted molar refractivity (Wildman–Crippen MR) is 68.9 cm³/mol. The smallest absolute Gasteiger partial charge is 0.313 e. The first kappa shape index (κ1) is 13.6. The van der Waals surface area contributed by atoms with E-state index in [0.29, 0.717) is 5.56 Å². The van der Waals surface area contributed by atoms with Crippen molar-refractivity contribution in [2.45, 2.75) is 5.16 Å². The van der Waals surface area contributed by atoms with E-state index in [-0.39, 0.29) is 21.8 Å². The van der Waals surface area contributed by atoms with Crippen LogP contribution >= 0.6 is 23.4 Å². The Morgan fingerprint density at radius 3 is 2.89 bits per heavy atom. The monoisotopic (exact) mass is 302 g/mol. The van der Waals surface area contributed by atoms with Crippen molar-refractivity contribution in [3.8, 4) is 11.4 Å². The summed E-state index contributed by atoms with van der Waals surface area (Å²) in [6.45, 7) is 0. The van der Waals surface area contributed by atoms with Gasteiger partial charge in [-0.05, 0) is 18.2 Å². The summed E-state index contributed by atoms with van der Waals surface area (Å²) in [6, 6.07) is 4.02. The number of nitrogen functional groups attached to an aromatic ring is 1. The van der Waals surface area contributed by atoms with Crippen LogP contribution in [0.15, 0.2) is 23.4 Å². The minimum atomic E-state index is -0.987. The highest BCUT2D eigenvalue weighted by atomic mass is 35.5. The molecule has 6 nitrogen and oxygen atoms in total. The van der Waals surface area contributed by atoms with Crippen LogP contribution in [0.2, 0.25) is 5.02 Å². The number of carboxylic acid groups (broad SMARTS) is 1. The van der Waals surface area contributed by atoms with Crippen LogP contribution in [-0.4, -0.2) is 31.7 Å². The molecule has 0 unspecified atom stereocenters. The topological polar surface area (TPSA) is 94.0 Å². The van der Waals surface area contributed by atoms with E-state index in [2.05, 4.69) is 10.2 Å². The molecule has 9 heteroatoms. The molecule has 0 bridgehead atoms. The van der Waals surface area contributed by atoms with Gasteiger partial charge in [-0.25, -0.2) is 9.07 Å². The Balaban J connectivity index is 2.30. The first-order valence-corrected chi connectivity index (χ1v) is 6.36. The third kappa shape index (κ3) is 2.96. The molecule has 0 saturated heterocycles. The molecule has 3 N–H and O–H groups in total. The van der Waals surface area contributed by atoms with Crippen LogP contribution < -0.4 is 5.84 Å². The molecule has 1 aromatic carbocycles. The average Bonchev–Trinajstić information content (AvgIpc) is 2.72. The third-order valence-electron chi connectivity index (χ3n) is 2.17. The Morgan fingerprint density at radius 2 is 2.26 bits per heavy atom. The Morgan fingerprint density at radius 1 is 1.53 bits per heavy atom. The lowest BCUT2D eigenvalue weighted by Crippen LogP contribution is -2.12. The van der Waals surface area contributed by atoms with Crippen LogP contribution in [0.1, 0.15) is 0 Å². The van der Waals surface area contributed by atoms with Gasteiger partial charge in [0.15, 0.2) is 5.82 Å². The number of carbonyl (C=O) groups is 1. The minimum absolute atomic E-state index is 0.0553. The van der Waals surface area contributed by atoms with Crippen LogP contribution in [0.3, 0.4) is 0 Å². The molecular formula is C10H8ClFN4O2S. The molecular weight excluding hydrogens is 295 g/mol. The number of thioether (sulfide) groups is 1. The number of hydrogen-bond donors (Lipinski definition) is 2. The van der Waals surface area contributed by atoms with Crippen molar-refractivity contribution in [3.05, 3.63) is 29.0 Å². The summed E-state index contributed by atoms with van der Waals surface area (Å²) in [5, 5.41) is 16.4. The van der Waals surface area contributed by atoms with E-state index in [1.807, 2.05) is 0 Å². The molecule has 2 rings (SSSR count). The maximum Gasteiger partial charge on any atom is 0.313 e. The second kappa shape index (κ2) is 5.45. The summed E-state index contributed by atoms with van der Waals surface area (Å²) in [6.07, 6.45) is 0. The van der Waals surface area contributed by atoms with Crippen LogP contribution in [0.25, 0.3) is 11.4 Å². The predicted octanol–water partition coefficient (Wildman–Crippen LogP) is 1.63. The van der Waals surface area contributed by atoms with Crippen LogP contribution in [-0.2, 0) is 4.79 Å². The van der Waals surface area contributed by atoms with E-state index < -0.39 is 11.8 Å². The van der Waals surface area contributed by atoms with Crippen molar-refractivity contribution in [2.75, 3.05) is 11.6 Å². The highest BCUT2D eigenvalue weighted by Crippen LogP contribution is 2.25. The summed E-state index contributed by atoms with van der Waals surface area (Å²) >= 11 is 6.61. The Hall–Kier alpha value is -1.80. The highest BCUT2D eigenvalue weighted by molar-refractivity contribution is 7.99.